The highest BCUT2D eigenvalue weighted by atomic mass is 35.5. The van der Waals surface area contributed by atoms with Crippen LogP contribution in [0.15, 0.2) is 34.9 Å². The molecule has 25 heavy (non-hydrogen) atoms. The van der Waals surface area contributed by atoms with Crippen LogP contribution in [0.4, 0.5) is 4.39 Å². The third-order valence-electron chi connectivity index (χ3n) is 4.10. The second-order valence-electron chi connectivity index (χ2n) is 5.74. The zero-order chi connectivity index (χ0) is 18.0. The van der Waals surface area contributed by atoms with Crippen LogP contribution in [0.1, 0.15) is 29.0 Å². The van der Waals surface area contributed by atoms with Gasteiger partial charge in [0.1, 0.15) is 11.8 Å². The number of likely N-dealkylation sites (tertiary alicyclic amines) is 1. The van der Waals surface area contributed by atoms with Crippen molar-refractivity contribution in [2.24, 2.45) is 0 Å². The van der Waals surface area contributed by atoms with Gasteiger partial charge in [0.05, 0.1) is 17.8 Å². The summed E-state index contributed by atoms with van der Waals surface area (Å²) in [5, 5.41) is 11.9. The average Bonchev–Trinajstić information content (AvgIpc) is 3.27. The highest BCUT2D eigenvalue weighted by Gasteiger charge is 2.35. The van der Waals surface area contributed by atoms with Crippen molar-refractivity contribution in [2.75, 3.05) is 6.54 Å². The summed E-state index contributed by atoms with van der Waals surface area (Å²) in [7, 11) is 0. The lowest BCUT2D eigenvalue weighted by Gasteiger charge is -2.24. The Labute approximate surface area is 148 Å². The lowest BCUT2D eigenvalue weighted by molar-refractivity contribution is -0.125. The molecule has 1 unspecified atom stereocenters. The number of phenols is 1. The first-order chi connectivity index (χ1) is 12.0. The lowest BCUT2D eigenvalue weighted by atomic mass is 10.1. The molecule has 0 aliphatic carbocycles. The van der Waals surface area contributed by atoms with Gasteiger partial charge in [0.2, 0.25) is 5.91 Å². The van der Waals surface area contributed by atoms with E-state index >= 15 is 0 Å². The molecule has 2 amide bonds. The van der Waals surface area contributed by atoms with Gasteiger partial charge in [-0.05, 0) is 37.1 Å². The Balaban J connectivity index is 1.72. The molecule has 132 valence electrons. The Morgan fingerprint density at radius 3 is 2.92 bits per heavy atom. The highest BCUT2D eigenvalue weighted by Crippen LogP contribution is 2.29. The molecule has 0 radical (unpaired) electrons. The van der Waals surface area contributed by atoms with E-state index in [1.165, 1.54) is 17.2 Å². The van der Waals surface area contributed by atoms with Gasteiger partial charge < -0.3 is 19.7 Å². The molecule has 2 N–H and O–H groups in total. The number of phenolic OH excluding ortho intramolecular Hbond substituents is 1. The minimum absolute atomic E-state index is 0.00830. The smallest absolute Gasteiger partial charge is 0.254 e. The predicted octanol–water partition coefficient (Wildman–Crippen LogP) is 2.70. The van der Waals surface area contributed by atoms with Crippen molar-refractivity contribution in [3.05, 3.63) is 52.7 Å². The molecule has 1 saturated heterocycles. The molecule has 2 aromatic rings. The monoisotopic (exact) mass is 366 g/mol. The molecule has 2 heterocycles. The number of amides is 2. The molecule has 1 atom stereocenters. The molecule has 0 bridgehead atoms. The van der Waals surface area contributed by atoms with Gasteiger partial charge in [-0.15, -0.1) is 0 Å². The zero-order valence-electron chi connectivity index (χ0n) is 13.2. The SMILES string of the molecule is O=C(NCc1ccco1)C1CCCN1C(=O)c1cc(F)c(O)c(Cl)c1. The zero-order valence-corrected chi connectivity index (χ0v) is 13.9. The molecule has 3 rings (SSSR count). The fourth-order valence-corrected chi connectivity index (χ4v) is 3.05. The van der Waals surface area contributed by atoms with Crippen LogP contribution in [-0.4, -0.2) is 34.4 Å². The van der Waals surface area contributed by atoms with Crippen molar-refractivity contribution in [3.8, 4) is 5.75 Å². The van der Waals surface area contributed by atoms with Crippen LogP contribution in [0.25, 0.3) is 0 Å². The van der Waals surface area contributed by atoms with Gasteiger partial charge in [-0.25, -0.2) is 4.39 Å². The minimum Gasteiger partial charge on any atom is -0.504 e. The molecule has 8 heteroatoms. The summed E-state index contributed by atoms with van der Waals surface area (Å²) >= 11 is 5.73. The number of halogens is 2. The second kappa shape index (κ2) is 7.14. The fraction of sp³-hybridized carbons (Fsp3) is 0.294. The van der Waals surface area contributed by atoms with Gasteiger partial charge in [0.15, 0.2) is 11.6 Å². The Kier molecular flexibility index (Phi) is 4.94. The van der Waals surface area contributed by atoms with Crippen molar-refractivity contribution < 1.29 is 23.5 Å². The van der Waals surface area contributed by atoms with Crippen LogP contribution in [-0.2, 0) is 11.3 Å². The molecule has 0 saturated carbocycles. The van der Waals surface area contributed by atoms with Gasteiger partial charge in [-0.1, -0.05) is 11.6 Å². The maximum absolute atomic E-state index is 13.6. The number of furan rings is 1. The van der Waals surface area contributed by atoms with Gasteiger partial charge in [0.25, 0.3) is 5.91 Å². The summed E-state index contributed by atoms with van der Waals surface area (Å²) in [5.74, 6) is -1.87. The third-order valence-corrected chi connectivity index (χ3v) is 4.39. The van der Waals surface area contributed by atoms with Crippen molar-refractivity contribution >= 4 is 23.4 Å². The van der Waals surface area contributed by atoms with Crippen LogP contribution in [0.5, 0.6) is 5.75 Å². The fourth-order valence-electron chi connectivity index (χ4n) is 2.84. The number of rotatable bonds is 4. The van der Waals surface area contributed by atoms with Gasteiger partial charge in [-0.2, -0.15) is 0 Å². The number of carbonyl (C=O) groups is 2. The molecule has 6 nitrogen and oxygen atoms in total. The highest BCUT2D eigenvalue weighted by molar-refractivity contribution is 6.32. The second-order valence-corrected chi connectivity index (χ2v) is 6.15. The summed E-state index contributed by atoms with van der Waals surface area (Å²) in [6.07, 6.45) is 2.69. The van der Waals surface area contributed by atoms with Crippen LogP contribution in [0.2, 0.25) is 5.02 Å². The number of nitrogens with one attached hydrogen (secondary N) is 1. The Morgan fingerprint density at radius 1 is 1.44 bits per heavy atom. The normalized spacial score (nSPS) is 16.9. The van der Waals surface area contributed by atoms with E-state index in [2.05, 4.69) is 5.32 Å². The minimum atomic E-state index is -0.978. The third kappa shape index (κ3) is 3.61. The lowest BCUT2D eigenvalue weighted by Crippen LogP contribution is -2.45. The Morgan fingerprint density at radius 2 is 2.24 bits per heavy atom. The standard InChI is InChI=1S/C17H16ClFN2O4/c18-12-7-10(8-13(19)15(12)22)17(24)21-5-1-4-14(21)16(23)20-9-11-3-2-6-25-11/h2-3,6-8,14,22H,1,4-5,9H2,(H,20,23). The largest absolute Gasteiger partial charge is 0.504 e. The molecule has 1 aromatic heterocycles. The molecular weight excluding hydrogens is 351 g/mol. The van der Waals surface area contributed by atoms with Crippen LogP contribution in [0, 0.1) is 5.82 Å². The van der Waals surface area contributed by atoms with Crippen molar-refractivity contribution in [2.45, 2.75) is 25.4 Å². The van der Waals surface area contributed by atoms with E-state index in [9.17, 15) is 19.1 Å². The van der Waals surface area contributed by atoms with E-state index in [0.717, 1.165) is 6.07 Å². The molecule has 1 aliphatic heterocycles. The van der Waals surface area contributed by atoms with Gasteiger partial charge in [0, 0.05) is 12.1 Å². The van der Waals surface area contributed by atoms with Crippen molar-refractivity contribution in [3.63, 3.8) is 0 Å². The van der Waals surface area contributed by atoms with E-state index in [0.29, 0.717) is 25.1 Å². The van der Waals surface area contributed by atoms with Crippen LogP contribution >= 0.6 is 11.6 Å². The van der Waals surface area contributed by atoms with E-state index in [4.69, 9.17) is 16.0 Å². The molecule has 1 fully saturated rings. The van der Waals surface area contributed by atoms with Gasteiger partial charge >= 0.3 is 0 Å². The predicted molar refractivity (Wildman–Crippen MR) is 87.7 cm³/mol. The first-order valence-corrected chi connectivity index (χ1v) is 8.14. The first kappa shape index (κ1) is 17.3. The van der Waals surface area contributed by atoms with Crippen molar-refractivity contribution in [1.82, 2.24) is 10.2 Å². The number of hydrogen-bond donors (Lipinski definition) is 2. The summed E-state index contributed by atoms with van der Waals surface area (Å²) in [5.41, 5.74) is -0.00830. The number of hydrogen-bond acceptors (Lipinski definition) is 4. The molecule has 1 aliphatic rings. The molecule has 1 aromatic carbocycles. The summed E-state index contributed by atoms with van der Waals surface area (Å²) in [6.45, 7) is 0.613. The number of aromatic hydroxyl groups is 1. The summed E-state index contributed by atoms with van der Waals surface area (Å²) < 4.78 is 18.8. The number of nitrogens with zero attached hydrogens (tertiary/aromatic N) is 1. The Hall–Kier alpha value is -2.54. The Bertz CT molecular complexity index is 771. The summed E-state index contributed by atoms with van der Waals surface area (Å²) in [6, 6.07) is 4.92. The maximum atomic E-state index is 13.6. The van der Waals surface area contributed by atoms with E-state index in [1.54, 1.807) is 12.1 Å². The van der Waals surface area contributed by atoms with E-state index < -0.39 is 23.5 Å². The average molecular weight is 367 g/mol. The maximum Gasteiger partial charge on any atom is 0.254 e. The van der Waals surface area contributed by atoms with Gasteiger partial charge in [-0.3, -0.25) is 9.59 Å². The quantitative estimate of drug-likeness (QED) is 0.871. The summed E-state index contributed by atoms with van der Waals surface area (Å²) in [4.78, 5) is 26.4. The first-order valence-electron chi connectivity index (χ1n) is 7.76. The van der Waals surface area contributed by atoms with E-state index in [-0.39, 0.29) is 23.0 Å². The molecular formula is C17H16ClFN2O4. The van der Waals surface area contributed by atoms with E-state index in [1.807, 2.05) is 0 Å². The topological polar surface area (TPSA) is 82.8 Å². The molecule has 0 spiro atoms. The van der Waals surface area contributed by atoms with Crippen LogP contribution < -0.4 is 5.32 Å². The number of benzene rings is 1. The van der Waals surface area contributed by atoms with Crippen molar-refractivity contribution in [1.29, 1.82) is 0 Å². The number of carbonyl (C=O) groups excluding carboxylic acids is 2. The van der Waals surface area contributed by atoms with Crippen LogP contribution in [0.3, 0.4) is 0 Å².